The lowest BCUT2D eigenvalue weighted by Gasteiger charge is -2.21. The quantitative estimate of drug-likeness (QED) is 0.617. The molecule has 1 aliphatic rings. The number of likely N-dealkylation sites (N-methyl/N-ethyl adjacent to an activating group) is 1. The number of hydrogen-bond acceptors (Lipinski definition) is 6. The van der Waals surface area contributed by atoms with Gasteiger partial charge in [-0.1, -0.05) is 19.1 Å². The number of aliphatic hydroxyl groups is 1. The Kier molecular flexibility index (Phi) is 8.62. The third-order valence-electron chi connectivity index (χ3n) is 5.52. The van der Waals surface area contributed by atoms with E-state index in [1.165, 1.54) is 0 Å². The number of phenolic OH excluding ortho intramolecular Hbond substituents is 1. The van der Waals surface area contributed by atoms with Crippen molar-refractivity contribution in [2.24, 2.45) is 0 Å². The molecule has 2 aromatic rings. The first-order chi connectivity index (χ1) is 14.4. The van der Waals surface area contributed by atoms with E-state index in [0.717, 1.165) is 28.0 Å². The lowest BCUT2D eigenvalue weighted by atomic mass is 9.90. The van der Waals surface area contributed by atoms with Gasteiger partial charge in [0.25, 0.3) is 0 Å². The zero-order valence-electron chi connectivity index (χ0n) is 18.7. The van der Waals surface area contributed by atoms with Gasteiger partial charge in [0.1, 0.15) is 6.10 Å². The van der Waals surface area contributed by atoms with Crippen molar-refractivity contribution in [2.75, 3.05) is 34.4 Å². The van der Waals surface area contributed by atoms with E-state index < -0.39 is 0 Å². The van der Waals surface area contributed by atoms with Gasteiger partial charge in [0, 0.05) is 30.1 Å². The van der Waals surface area contributed by atoms with Gasteiger partial charge in [-0.3, -0.25) is 4.90 Å². The van der Waals surface area contributed by atoms with E-state index in [4.69, 9.17) is 14.2 Å². The summed E-state index contributed by atoms with van der Waals surface area (Å²) in [6.07, 6.45) is 3.81. The maximum absolute atomic E-state index is 10.6. The van der Waals surface area contributed by atoms with Crippen LogP contribution in [0.25, 0.3) is 6.08 Å². The Morgan fingerprint density at radius 3 is 2.45 bits per heavy atom. The van der Waals surface area contributed by atoms with E-state index >= 15 is 0 Å². The lowest BCUT2D eigenvalue weighted by Crippen LogP contribution is -2.22. The highest BCUT2D eigenvalue weighted by atomic mass is 35.5. The summed E-state index contributed by atoms with van der Waals surface area (Å²) in [5.41, 5.74) is 3.82. The number of methoxy groups -OCH3 is 2. The van der Waals surface area contributed by atoms with Crippen molar-refractivity contribution < 1.29 is 24.4 Å². The Morgan fingerprint density at radius 1 is 1.13 bits per heavy atom. The predicted molar refractivity (Wildman–Crippen MR) is 125 cm³/mol. The van der Waals surface area contributed by atoms with Crippen LogP contribution in [-0.4, -0.2) is 49.5 Å². The van der Waals surface area contributed by atoms with Gasteiger partial charge in [0.05, 0.1) is 20.8 Å². The first kappa shape index (κ1) is 24.9. The van der Waals surface area contributed by atoms with E-state index in [-0.39, 0.29) is 36.8 Å². The van der Waals surface area contributed by atoms with Crippen LogP contribution in [0.1, 0.15) is 48.1 Å². The van der Waals surface area contributed by atoms with Crippen molar-refractivity contribution in [1.82, 2.24) is 4.90 Å². The minimum absolute atomic E-state index is 0. The molecule has 0 saturated heterocycles. The summed E-state index contributed by atoms with van der Waals surface area (Å²) in [5, 5.41) is 19.8. The molecule has 1 aliphatic heterocycles. The van der Waals surface area contributed by atoms with Crippen LogP contribution in [0.5, 0.6) is 23.0 Å². The summed E-state index contributed by atoms with van der Waals surface area (Å²) >= 11 is 0. The fourth-order valence-electron chi connectivity index (χ4n) is 3.97. The Hall–Kier alpha value is -2.41. The second-order valence-electron chi connectivity index (χ2n) is 7.66. The summed E-state index contributed by atoms with van der Waals surface area (Å²) in [7, 11) is 5.09. The highest BCUT2D eigenvalue weighted by Crippen LogP contribution is 2.51. The first-order valence-corrected chi connectivity index (χ1v) is 10.1. The molecule has 0 aliphatic carbocycles. The number of ether oxygens (including phenoxy) is 3. The number of allylic oxidation sites excluding steroid dienone is 1. The zero-order valence-corrected chi connectivity index (χ0v) is 19.5. The second kappa shape index (κ2) is 10.8. The number of fused-ring (bicyclic) bond motifs is 1. The molecule has 0 spiro atoms. The molecule has 6 nitrogen and oxygen atoms in total. The molecule has 0 aromatic heterocycles. The molecule has 31 heavy (non-hydrogen) atoms. The van der Waals surface area contributed by atoms with Crippen LogP contribution in [0.3, 0.4) is 0 Å². The van der Waals surface area contributed by atoms with Crippen molar-refractivity contribution in [3.8, 4) is 23.0 Å². The van der Waals surface area contributed by atoms with Crippen molar-refractivity contribution in [3.63, 3.8) is 0 Å². The Bertz CT molecular complexity index is 931. The van der Waals surface area contributed by atoms with Crippen molar-refractivity contribution >= 4 is 18.5 Å². The lowest BCUT2D eigenvalue weighted by molar-refractivity contribution is 0.205. The summed E-state index contributed by atoms with van der Waals surface area (Å²) in [6.45, 7) is 5.17. The smallest absolute Gasteiger partial charge is 0.165 e. The van der Waals surface area contributed by atoms with Crippen LogP contribution in [0, 0.1) is 0 Å². The SMILES string of the molecule is CC=Cc1cc(OC)c2c(c1)[C@@H](C)[C@H](c1cc(CN(C)CCO)c(O)c(OC)c1)O2.Cl. The summed E-state index contributed by atoms with van der Waals surface area (Å²) in [5.74, 6) is 2.09. The number of aliphatic hydroxyl groups excluding tert-OH is 1. The van der Waals surface area contributed by atoms with E-state index in [9.17, 15) is 10.2 Å². The highest BCUT2D eigenvalue weighted by Gasteiger charge is 2.35. The van der Waals surface area contributed by atoms with Crippen LogP contribution in [-0.2, 0) is 6.54 Å². The normalized spacial score (nSPS) is 17.4. The molecule has 0 bridgehead atoms. The standard InChI is InChI=1S/C24H31NO5.ClH/c1-6-7-16-10-19-15(2)23(30-24(19)21(11-16)29-5)17-12-18(14-25(3)8-9-26)22(27)20(13-17)28-4;/h6-7,10-13,15,23,26-27H,8-9,14H2,1-5H3;1H/t15-,23-;/m1./s1. The van der Waals surface area contributed by atoms with Crippen molar-refractivity contribution in [2.45, 2.75) is 32.4 Å². The molecular formula is C24H32ClNO5. The predicted octanol–water partition coefficient (Wildman–Crippen LogP) is 4.53. The van der Waals surface area contributed by atoms with Crippen LogP contribution >= 0.6 is 12.4 Å². The average molecular weight is 450 g/mol. The molecule has 2 aromatic carbocycles. The number of nitrogens with zero attached hydrogens (tertiary/aromatic N) is 1. The van der Waals surface area contributed by atoms with Gasteiger partial charge in [-0.15, -0.1) is 12.4 Å². The average Bonchev–Trinajstić information content (AvgIpc) is 3.06. The molecule has 2 N–H and O–H groups in total. The molecule has 0 radical (unpaired) electrons. The number of halogens is 1. The van der Waals surface area contributed by atoms with Gasteiger partial charge in [0.2, 0.25) is 0 Å². The summed E-state index contributed by atoms with van der Waals surface area (Å²) in [6, 6.07) is 7.89. The van der Waals surface area contributed by atoms with Gasteiger partial charge < -0.3 is 24.4 Å². The molecule has 3 rings (SSSR count). The molecule has 170 valence electrons. The Labute approximate surface area is 190 Å². The fourth-order valence-corrected chi connectivity index (χ4v) is 3.97. The Morgan fingerprint density at radius 2 is 1.84 bits per heavy atom. The minimum atomic E-state index is -0.230. The number of rotatable bonds is 8. The number of aromatic hydroxyl groups is 1. The minimum Gasteiger partial charge on any atom is -0.504 e. The fraction of sp³-hybridized carbons (Fsp3) is 0.417. The molecule has 0 saturated carbocycles. The molecule has 1 heterocycles. The van der Waals surface area contributed by atoms with E-state index in [1.807, 2.05) is 49.2 Å². The third kappa shape index (κ3) is 5.09. The zero-order chi connectivity index (χ0) is 21.8. The molecule has 0 fully saturated rings. The number of benzene rings is 2. The van der Waals surface area contributed by atoms with Crippen LogP contribution < -0.4 is 14.2 Å². The highest BCUT2D eigenvalue weighted by molar-refractivity contribution is 5.85. The monoisotopic (exact) mass is 449 g/mol. The van der Waals surface area contributed by atoms with Crippen LogP contribution in [0.2, 0.25) is 0 Å². The van der Waals surface area contributed by atoms with E-state index in [2.05, 4.69) is 13.0 Å². The van der Waals surface area contributed by atoms with Crippen molar-refractivity contribution in [1.29, 1.82) is 0 Å². The van der Waals surface area contributed by atoms with E-state index in [1.54, 1.807) is 14.2 Å². The molecule has 0 unspecified atom stereocenters. The summed E-state index contributed by atoms with van der Waals surface area (Å²) < 4.78 is 17.4. The first-order valence-electron chi connectivity index (χ1n) is 10.1. The molecule has 2 atom stereocenters. The number of phenols is 1. The second-order valence-corrected chi connectivity index (χ2v) is 7.66. The van der Waals surface area contributed by atoms with Crippen LogP contribution in [0.4, 0.5) is 0 Å². The Balaban J connectivity index is 0.00000341. The van der Waals surface area contributed by atoms with Crippen LogP contribution in [0.15, 0.2) is 30.3 Å². The molecule has 0 amide bonds. The molecular weight excluding hydrogens is 418 g/mol. The maximum Gasteiger partial charge on any atom is 0.165 e. The van der Waals surface area contributed by atoms with Gasteiger partial charge in [-0.2, -0.15) is 0 Å². The van der Waals surface area contributed by atoms with Gasteiger partial charge in [-0.25, -0.2) is 0 Å². The largest absolute Gasteiger partial charge is 0.504 e. The number of hydrogen-bond donors (Lipinski definition) is 2. The maximum atomic E-state index is 10.6. The van der Waals surface area contributed by atoms with Gasteiger partial charge in [0.15, 0.2) is 23.0 Å². The van der Waals surface area contributed by atoms with E-state index in [0.29, 0.717) is 24.6 Å². The topological polar surface area (TPSA) is 71.4 Å². The van der Waals surface area contributed by atoms with Gasteiger partial charge >= 0.3 is 0 Å². The summed E-state index contributed by atoms with van der Waals surface area (Å²) in [4.78, 5) is 1.94. The third-order valence-corrected chi connectivity index (χ3v) is 5.52. The van der Waals surface area contributed by atoms with Crippen molar-refractivity contribution in [3.05, 3.63) is 52.6 Å². The molecule has 7 heteroatoms. The van der Waals surface area contributed by atoms with Gasteiger partial charge in [-0.05, 0) is 49.4 Å².